The number of nitrogens with one attached hydrogen (secondary N) is 2. The second-order valence-corrected chi connectivity index (χ2v) is 14.2. The number of fused-ring (bicyclic) bond motifs is 6. The minimum Gasteiger partial charge on any atom is -0.508 e. The molecule has 0 heterocycles. The van der Waals surface area contributed by atoms with E-state index in [0.717, 1.165) is 64.2 Å². The number of phenols is 1. The van der Waals surface area contributed by atoms with Crippen LogP contribution in [0.2, 0.25) is 0 Å². The molecule has 3 amide bonds. The lowest BCUT2D eigenvalue weighted by Crippen LogP contribution is -2.58. The summed E-state index contributed by atoms with van der Waals surface area (Å²) in [6.07, 6.45) is 8.74. The summed E-state index contributed by atoms with van der Waals surface area (Å²) in [5.74, 6) is 5.13. The number of carbonyl (C=O) groups is 3. The Morgan fingerprint density at radius 3 is 2.42 bits per heavy atom. The molecule has 0 spiro atoms. The Kier molecular flexibility index (Phi) is 7.66. The van der Waals surface area contributed by atoms with Gasteiger partial charge in [0.05, 0.1) is 10.8 Å². The molecule has 6 rings (SSSR count). The average molecular weight is 588 g/mol. The van der Waals surface area contributed by atoms with Gasteiger partial charge in [-0.3, -0.25) is 24.5 Å². The summed E-state index contributed by atoms with van der Waals surface area (Å²) in [7, 11) is 0. The highest BCUT2D eigenvalue weighted by atomic mass is 16.6. The lowest BCUT2D eigenvalue weighted by molar-refractivity contribution is -0.149. The third-order valence-corrected chi connectivity index (χ3v) is 11.9. The van der Waals surface area contributed by atoms with Gasteiger partial charge in [0.1, 0.15) is 12.4 Å². The Hall–Kier alpha value is -3.23. The van der Waals surface area contributed by atoms with Crippen molar-refractivity contribution in [1.29, 1.82) is 0 Å². The molecule has 0 radical (unpaired) electrons. The number of amides is 3. The summed E-state index contributed by atoms with van der Waals surface area (Å²) < 4.78 is 0. The zero-order valence-electron chi connectivity index (χ0n) is 25.6. The first-order valence-corrected chi connectivity index (χ1v) is 15.9. The first-order valence-electron chi connectivity index (χ1n) is 15.9. The second kappa shape index (κ2) is 11.0. The molecule has 4 aliphatic carbocycles. The number of hydrogen-bond donors (Lipinski definition) is 4. The maximum Gasteiger partial charge on any atom is 0.252 e. The van der Waals surface area contributed by atoms with Crippen molar-refractivity contribution in [2.24, 2.45) is 28.6 Å². The molecule has 0 bridgehead atoms. The molecule has 5 unspecified atom stereocenters. The lowest BCUT2D eigenvalue weighted by atomic mass is 9.49. The van der Waals surface area contributed by atoms with Gasteiger partial charge in [0.2, 0.25) is 11.8 Å². The number of phenolic OH excluding ortho intramolecular Hbond substituents is 1. The number of carbonyl (C=O) groups excluding carboxylic acids is 3. The summed E-state index contributed by atoms with van der Waals surface area (Å²) in [6, 6.07) is 11.7. The maximum absolute atomic E-state index is 14.3. The van der Waals surface area contributed by atoms with Crippen LogP contribution in [0.3, 0.4) is 0 Å². The molecule has 2 aromatic rings. The maximum atomic E-state index is 14.3. The van der Waals surface area contributed by atoms with E-state index in [0.29, 0.717) is 5.69 Å². The molecule has 2 aromatic carbocycles. The predicted octanol–water partition coefficient (Wildman–Crippen LogP) is 5.41. The Morgan fingerprint density at radius 1 is 0.907 bits per heavy atom. The average Bonchev–Trinajstić information content (AvgIpc) is 2.97. The summed E-state index contributed by atoms with van der Waals surface area (Å²) in [4.78, 5) is 45.0. The van der Waals surface area contributed by atoms with Crippen LogP contribution in [0.4, 0.5) is 5.69 Å². The fourth-order valence-electron chi connectivity index (χ4n) is 9.63. The highest BCUT2D eigenvalue weighted by Gasteiger charge is 2.56. The number of imide groups is 1. The predicted molar refractivity (Wildman–Crippen MR) is 164 cm³/mol. The monoisotopic (exact) mass is 587 g/mol. The Morgan fingerprint density at radius 2 is 1.63 bits per heavy atom. The van der Waals surface area contributed by atoms with Gasteiger partial charge in [-0.1, -0.05) is 45.7 Å². The number of nitrogens with two attached hydrogens (primary N) is 1. The summed E-state index contributed by atoms with van der Waals surface area (Å²) >= 11 is 0. The minimum absolute atomic E-state index is 0.0591. The van der Waals surface area contributed by atoms with Crippen LogP contribution in [-0.2, 0) is 37.5 Å². The molecule has 0 saturated heterocycles. The van der Waals surface area contributed by atoms with Gasteiger partial charge in [0.15, 0.2) is 0 Å². The van der Waals surface area contributed by atoms with E-state index in [1.165, 1.54) is 22.3 Å². The van der Waals surface area contributed by atoms with E-state index in [1.807, 2.05) is 24.3 Å². The summed E-state index contributed by atoms with van der Waals surface area (Å²) in [6.45, 7) is 6.13. The van der Waals surface area contributed by atoms with Crippen LogP contribution >= 0.6 is 0 Å². The fraction of sp³-hybridized carbons (Fsp3) is 0.571. The number of benzene rings is 2. The van der Waals surface area contributed by atoms with Gasteiger partial charge in [-0.25, -0.2) is 5.90 Å². The fourth-order valence-corrected chi connectivity index (χ4v) is 9.63. The SMILES string of the molecule is CC1(C(=O)NC(=O)[C@@]2(C)CCCC3(C)c4cc(NC(=O)CON)ccc4CCC32)CCCC2c3cc(O)ccc3CCC21. The van der Waals surface area contributed by atoms with Crippen LogP contribution in [0, 0.1) is 22.7 Å². The molecule has 0 aliphatic heterocycles. The van der Waals surface area contributed by atoms with Gasteiger partial charge in [-0.15, -0.1) is 0 Å². The first-order chi connectivity index (χ1) is 20.5. The van der Waals surface area contributed by atoms with Crippen molar-refractivity contribution in [3.05, 3.63) is 58.7 Å². The van der Waals surface area contributed by atoms with E-state index in [-0.39, 0.29) is 53.2 Å². The summed E-state index contributed by atoms with van der Waals surface area (Å²) in [5, 5.41) is 16.1. The van der Waals surface area contributed by atoms with Crippen LogP contribution < -0.4 is 16.5 Å². The van der Waals surface area contributed by atoms with E-state index in [2.05, 4.69) is 42.3 Å². The molecule has 6 atom stereocenters. The van der Waals surface area contributed by atoms with Crippen molar-refractivity contribution in [1.82, 2.24) is 5.32 Å². The highest BCUT2D eigenvalue weighted by Crippen LogP contribution is 2.58. The van der Waals surface area contributed by atoms with Gasteiger partial charge in [-0.2, -0.15) is 0 Å². The van der Waals surface area contributed by atoms with E-state index >= 15 is 0 Å². The largest absolute Gasteiger partial charge is 0.508 e. The highest BCUT2D eigenvalue weighted by molar-refractivity contribution is 6.01. The van der Waals surface area contributed by atoms with E-state index < -0.39 is 10.8 Å². The van der Waals surface area contributed by atoms with Crippen molar-refractivity contribution < 1.29 is 24.3 Å². The topological polar surface area (TPSA) is 131 Å². The molecule has 2 saturated carbocycles. The molecule has 2 fully saturated rings. The quantitative estimate of drug-likeness (QED) is 0.273. The number of aryl methyl sites for hydroxylation is 2. The van der Waals surface area contributed by atoms with Crippen LogP contribution in [-0.4, -0.2) is 29.4 Å². The lowest BCUT2D eigenvalue weighted by Gasteiger charge is -2.55. The molecular weight excluding hydrogens is 542 g/mol. The van der Waals surface area contributed by atoms with E-state index in [9.17, 15) is 19.5 Å². The van der Waals surface area contributed by atoms with Gasteiger partial charge >= 0.3 is 0 Å². The molecule has 5 N–H and O–H groups in total. The van der Waals surface area contributed by atoms with Gasteiger partial charge in [0.25, 0.3) is 5.91 Å². The molecule has 0 aromatic heterocycles. The van der Waals surface area contributed by atoms with Gasteiger partial charge in [-0.05, 0) is 121 Å². The Bertz CT molecular complexity index is 1460. The van der Waals surface area contributed by atoms with Crippen LogP contribution in [0.15, 0.2) is 36.4 Å². The molecule has 230 valence electrons. The van der Waals surface area contributed by atoms with Crippen molar-refractivity contribution in [3.8, 4) is 5.75 Å². The van der Waals surface area contributed by atoms with Crippen molar-refractivity contribution in [2.75, 3.05) is 11.9 Å². The van der Waals surface area contributed by atoms with Crippen LogP contribution in [0.5, 0.6) is 5.75 Å². The zero-order chi connectivity index (χ0) is 30.6. The van der Waals surface area contributed by atoms with Gasteiger partial charge in [0, 0.05) is 5.69 Å². The molecule has 8 nitrogen and oxygen atoms in total. The molecule has 4 aliphatic rings. The normalized spacial score (nSPS) is 32.8. The number of hydrogen-bond acceptors (Lipinski definition) is 6. The summed E-state index contributed by atoms with van der Waals surface area (Å²) in [5.41, 5.74) is 3.95. The first kappa shape index (κ1) is 29.8. The molecule has 8 heteroatoms. The number of anilines is 1. The van der Waals surface area contributed by atoms with E-state index in [4.69, 9.17) is 5.90 Å². The Labute approximate surface area is 254 Å². The van der Waals surface area contributed by atoms with Gasteiger partial charge < -0.3 is 10.4 Å². The molecular formula is C35H45N3O5. The zero-order valence-corrected chi connectivity index (χ0v) is 25.6. The van der Waals surface area contributed by atoms with Crippen LogP contribution in [0.1, 0.15) is 100 Å². The third kappa shape index (κ3) is 4.96. The van der Waals surface area contributed by atoms with Crippen molar-refractivity contribution in [3.63, 3.8) is 0 Å². The number of rotatable bonds is 5. The Balaban J connectivity index is 1.24. The van der Waals surface area contributed by atoms with Crippen molar-refractivity contribution >= 4 is 23.4 Å². The smallest absolute Gasteiger partial charge is 0.252 e. The third-order valence-electron chi connectivity index (χ3n) is 11.9. The minimum atomic E-state index is -0.692. The van der Waals surface area contributed by atoms with Crippen molar-refractivity contribution in [2.45, 2.75) is 96.3 Å². The van der Waals surface area contributed by atoms with E-state index in [1.54, 1.807) is 6.07 Å². The second-order valence-electron chi connectivity index (χ2n) is 14.2. The molecule has 43 heavy (non-hydrogen) atoms. The van der Waals surface area contributed by atoms with Crippen LogP contribution in [0.25, 0.3) is 0 Å². The number of aromatic hydroxyl groups is 1. The standard InChI is InChI=1S/C35H45N3O5/c1-33-16-5-17-35(3,29(33)14-10-22-7-11-23(18-28(22)33)37-30(40)20-43-36)32(42)38-31(41)34(2)15-4-6-25-26-19-24(39)12-8-21(26)9-13-27(25)34/h7-8,11-12,18-19,25,27,29,39H,4-6,9-10,13-17,20,36H2,1-3H3,(H,37,40)(H,38,41,42)/t25?,27?,29?,33?,34?,35-/m0/s1.